The lowest BCUT2D eigenvalue weighted by atomic mass is 9.41. The minimum absolute atomic E-state index is 0.00132. The first-order valence-electron chi connectivity index (χ1n) is 22.3. The second-order valence-electron chi connectivity index (χ2n) is 20.9. The minimum atomic E-state index is -1.50. The molecule has 0 aromatic heterocycles. The number of fused-ring (bicyclic) bond motifs is 7. The quantitative estimate of drug-likeness (QED) is 0.189. The van der Waals surface area contributed by atoms with E-state index in [1.165, 1.54) is 12.7 Å². The fourth-order valence-corrected chi connectivity index (χ4v) is 17.9. The summed E-state index contributed by atoms with van der Waals surface area (Å²) in [5.74, 6) is -1.64. The van der Waals surface area contributed by atoms with Crippen LogP contribution >= 0.6 is 0 Å². The van der Waals surface area contributed by atoms with Crippen LogP contribution in [0.4, 0.5) is 5.69 Å². The number of ether oxygens (including phenoxy) is 3. The number of likely N-dealkylation sites (N-methyl/N-ethyl adjacent to an activating group) is 1. The molecule has 9 fully saturated rings. The summed E-state index contributed by atoms with van der Waals surface area (Å²) in [6.45, 7) is 4.49. The first-order chi connectivity index (χ1) is 27.7. The lowest BCUT2D eigenvalue weighted by Gasteiger charge is -2.67. The molecule has 11 aliphatic rings. The van der Waals surface area contributed by atoms with Gasteiger partial charge in [-0.05, 0) is 98.7 Å². The number of para-hydroxylation sites is 1. The Hall–Kier alpha value is -3.03. The predicted octanol–water partition coefficient (Wildman–Crippen LogP) is 3.51. The number of anilines is 1. The summed E-state index contributed by atoms with van der Waals surface area (Å²) in [5.41, 5.74) is -1.55. The fraction of sp³-hybridized carbons (Fsp3) is 0.761. The van der Waals surface area contributed by atoms with Gasteiger partial charge in [0.25, 0.3) is 0 Å². The molecule has 1 aromatic carbocycles. The highest BCUT2D eigenvalue weighted by Crippen LogP contribution is 2.73. The van der Waals surface area contributed by atoms with E-state index in [9.17, 15) is 34.8 Å². The average Bonchev–Trinajstić information content (AvgIpc) is 3.89. The third-order valence-corrected chi connectivity index (χ3v) is 19.9. The molecule has 12 rings (SSSR count). The van der Waals surface area contributed by atoms with Crippen LogP contribution in [0.5, 0.6) is 0 Å². The molecule has 58 heavy (non-hydrogen) atoms. The van der Waals surface area contributed by atoms with Gasteiger partial charge in [0.15, 0.2) is 12.8 Å². The average molecular weight is 802 g/mol. The topological polar surface area (TPSA) is 163 Å². The number of aliphatic hydroxyl groups excluding tert-OH is 2. The fourth-order valence-electron chi connectivity index (χ4n) is 17.9. The SMILES string of the molecule is CC[C@H]1[C@@H]2C[C@H]3[C@@H]4N(C)c5ccccc5[C@]45C[C@@H]([C@H]2[C@H]5O)[N@+]3(CC(=O)O[C@H]2CC[C@]3(C(=O)OC)[C@H]4CC[C@]5(C)[C@@H](C6=CC(=O)OC6)CC[C@]5(O)[C@@H]4CC[C@]3(O)C2)[C@@H]1O. The zero-order valence-corrected chi connectivity index (χ0v) is 34.3. The molecule has 0 unspecified atom stereocenters. The number of hydrogen-bond donors (Lipinski definition) is 4. The highest BCUT2D eigenvalue weighted by Gasteiger charge is 2.83. The molecular weight excluding hydrogens is 741 g/mol. The Labute approximate surface area is 340 Å². The Morgan fingerprint density at radius 2 is 1.78 bits per heavy atom. The van der Waals surface area contributed by atoms with Gasteiger partial charge in [-0.15, -0.1) is 0 Å². The maximum absolute atomic E-state index is 14.6. The lowest BCUT2D eigenvalue weighted by molar-refractivity contribution is -1.03. The zero-order valence-electron chi connectivity index (χ0n) is 34.3. The molecule has 5 aliphatic carbocycles. The molecule has 6 aliphatic heterocycles. The summed E-state index contributed by atoms with van der Waals surface area (Å²) in [4.78, 5) is 43.2. The van der Waals surface area contributed by atoms with E-state index >= 15 is 0 Å². The van der Waals surface area contributed by atoms with E-state index in [1.807, 2.05) is 6.07 Å². The summed E-state index contributed by atoms with van der Waals surface area (Å²) in [6, 6.07) is 8.21. The summed E-state index contributed by atoms with van der Waals surface area (Å²) in [7, 11) is 3.48. The molecule has 0 radical (unpaired) electrons. The number of quaternary nitrogens is 1. The van der Waals surface area contributed by atoms with Crippen molar-refractivity contribution in [2.24, 2.45) is 46.3 Å². The normalized spacial score (nSPS) is 52.6. The van der Waals surface area contributed by atoms with Crippen LogP contribution in [-0.2, 0) is 34.0 Å². The number of piperidine rings is 4. The van der Waals surface area contributed by atoms with Crippen molar-refractivity contribution in [2.45, 2.75) is 144 Å². The Balaban J connectivity index is 0.871. The lowest BCUT2D eigenvalue weighted by Crippen LogP contribution is -2.83. The molecule has 12 nitrogen and oxygen atoms in total. The Bertz CT molecular complexity index is 2010. The number of methoxy groups -OCH3 is 1. The van der Waals surface area contributed by atoms with Crippen molar-refractivity contribution < 1.29 is 53.5 Å². The highest BCUT2D eigenvalue weighted by atomic mass is 16.6. The van der Waals surface area contributed by atoms with Crippen molar-refractivity contribution in [3.8, 4) is 0 Å². The number of carbonyl (C=O) groups is 3. The molecule has 4 saturated heterocycles. The number of hydrogen-bond acceptors (Lipinski definition) is 11. The van der Waals surface area contributed by atoms with Crippen molar-refractivity contribution in [3.05, 3.63) is 41.5 Å². The molecule has 4 N–H and O–H groups in total. The second-order valence-corrected chi connectivity index (χ2v) is 20.9. The molecule has 5 bridgehead atoms. The van der Waals surface area contributed by atoms with E-state index in [4.69, 9.17) is 14.2 Å². The van der Waals surface area contributed by atoms with E-state index in [2.05, 4.69) is 44.0 Å². The van der Waals surface area contributed by atoms with Gasteiger partial charge in [-0.2, -0.15) is 0 Å². The predicted molar refractivity (Wildman–Crippen MR) is 208 cm³/mol. The summed E-state index contributed by atoms with van der Waals surface area (Å²) < 4.78 is 17.5. The van der Waals surface area contributed by atoms with Gasteiger partial charge in [0.1, 0.15) is 18.8 Å². The van der Waals surface area contributed by atoms with E-state index < -0.39 is 57.8 Å². The third-order valence-electron chi connectivity index (χ3n) is 19.9. The van der Waals surface area contributed by atoms with Crippen LogP contribution in [0, 0.1) is 46.3 Å². The molecule has 12 heteroatoms. The van der Waals surface area contributed by atoms with Crippen molar-refractivity contribution in [2.75, 3.05) is 32.2 Å². The third kappa shape index (κ3) is 4.14. The smallest absolute Gasteiger partial charge is 0.362 e. The number of carbonyl (C=O) groups excluding carboxylic acids is 3. The summed E-state index contributed by atoms with van der Waals surface area (Å²) in [6.07, 6.45) is 6.02. The van der Waals surface area contributed by atoms with E-state index in [0.717, 1.165) is 30.5 Å². The molecule has 1 aromatic rings. The first-order valence-corrected chi connectivity index (χ1v) is 22.3. The van der Waals surface area contributed by atoms with E-state index in [-0.39, 0.29) is 96.5 Å². The van der Waals surface area contributed by atoms with Crippen molar-refractivity contribution in [3.63, 3.8) is 0 Å². The van der Waals surface area contributed by atoms with Crippen LogP contribution in [0.3, 0.4) is 0 Å². The maximum Gasteiger partial charge on any atom is 0.362 e. The van der Waals surface area contributed by atoms with Crippen LogP contribution in [0.15, 0.2) is 35.9 Å². The monoisotopic (exact) mass is 801 g/mol. The van der Waals surface area contributed by atoms with Crippen LogP contribution in [0.2, 0.25) is 0 Å². The van der Waals surface area contributed by atoms with Gasteiger partial charge in [0.05, 0.1) is 47.3 Å². The number of esters is 3. The Kier molecular flexibility index (Phi) is 7.90. The largest absolute Gasteiger partial charge is 0.468 e. The van der Waals surface area contributed by atoms with Gasteiger partial charge in [-0.25, -0.2) is 9.59 Å². The second kappa shape index (κ2) is 12.1. The molecule has 314 valence electrons. The van der Waals surface area contributed by atoms with Crippen LogP contribution in [0.1, 0.15) is 96.5 Å². The highest BCUT2D eigenvalue weighted by molar-refractivity contribution is 5.85. The van der Waals surface area contributed by atoms with E-state index in [1.54, 1.807) is 6.08 Å². The number of cyclic esters (lactones) is 1. The number of aliphatic hydroxyl groups is 4. The molecule has 6 heterocycles. The molecule has 0 amide bonds. The molecule has 18 atom stereocenters. The van der Waals surface area contributed by atoms with Crippen molar-refractivity contribution in [1.82, 2.24) is 0 Å². The Morgan fingerprint density at radius 3 is 2.52 bits per heavy atom. The first kappa shape index (κ1) is 37.9. The van der Waals surface area contributed by atoms with Crippen LogP contribution in [-0.4, -0.2) is 118 Å². The maximum atomic E-state index is 14.6. The molecular formula is C46H61N2O10+. The van der Waals surface area contributed by atoms with Crippen LogP contribution < -0.4 is 4.90 Å². The molecule has 1 spiro atoms. The summed E-state index contributed by atoms with van der Waals surface area (Å²) >= 11 is 0. The Morgan fingerprint density at radius 1 is 1.00 bits per heavy atom. The summed E-state index contributed by atoms with van der Waals surface area (Å²) in [5, 5.41) is 50.6. The standard InChI is InChI=1S/C46H61N2O10/c1-5-26-27-19-33-38-44(31-8-6-7-9-32(31)47(38)3)21-34(37(27)39(44)51)48(33,40(26)52)22-36(50)58-25-10-16-45(41(53)56-4)29-11-14-42(2)28(24-18-35(49)57-23-24)13-17-46(42,55)30(29)12-15-43(45,54)20-25/h6-9,18,25-30,33-34,37-40,51-52,54-55H,5,10-17,19-23H2,1-4H3/q+1/t25-,26-,27-,28+,29-,30+,33-,34-,37-,38-,39+,40+,42+,43-,44+,45+,46-,48+/m0/s1. The van der Waals surface area contributed by atoms with Gasteiger partial charge >= 0.3 is 17.9 Å². The zero-order chi connectivity index (χ0) is 40.5. The van der Waals surface area contributed by atoms with Crippen LogP contribution in [0.25, 0.3) is 0 Å². The minimum Gasteiger partial charge on any atom is -0.468 e. The van der Waals surface area contributed by atoms with Gasteiger partial charge in [-0.3, -0.25) is 9.28 Å². The molecule has 5 saturated carbocycles. The van der Waals surface area contributed by atoms with Gasteiger partial charge < -0.3 is 39.5 Å². The van der Waals surface area contributed by atoms with Gasteiger partial charge in [0, 0.05) is 55.3 Å². The van der Waals surface area contributed by atoms with Gasteiger partial charge in [0.2, 0.25) is 0 Å². The number of nitrogens with zero attached hydrogens (tertiary/aromatic N) is 2. The van der Waals surface area contributed by atoms with Gasteiger partial charge in [-0.1, -0.05) is 32.0 Å². The van der Waals surface area contributed by atoms with Crippen molar-refractivity contribution >= 4 is 23.6 Å². The van der Waals surface area contributed by atoms with Crippen molar-refractivity contribution in [1.29, 1.82) is 0 Å². The number of benzene rings is 1. The van der Waals surface area contributed by atoms with E-state index in [0.29, 0.717) is 38.5 Å². The number of rotatable bonds is 6.